The molecule has 186 valence electrons. The Labute approximate surface area is 213 Å². The third kappa shape index (κ3) is 4.70. The molecule has 5 rings (SSSR count). The number of furan rings is 1. The highest BCUT2D eigenvalue weighted by Gasteiger charge is 2.19. The number of aryl methyl sites for hydroxylation is 1. The van der Waals surface area contributed by atoms with E-state index in [9.17, 15) is 13.6 Å². The van der Waals surface area contributed by atoms with Gasteiger partial charge < -0.3 is 14.5 Å². The summed E-state index contributed by atoms with van der Waals surface area (Å²) in [5, 5.41) is 5.64. The molecule has 0 aliphatic rings. The number of allylic oxidation sites excluding steroid dienone is 1. The molecule has 0 bridgehead atoms. The Balaban J connectivity index is 1.58. The lowest BCUT2D eigenvalue weighted by Gasteiger charge is -2.15. The van der Waals surface area contributed by atoms with E-state index in [2.05, 4.69) is 35.6 Å². The SMILES string of the molecule is CCOc1c(/C(C)=C/C(=O)Nc2ccc(F)cc2F)cc2c(-c3ccc4ccccc4c3)coc2c1C. The van der Waals surface area contributed by atoms with E-state index in [0.29, 0.717) is 23.5 Å². The lowest BCUT2D eigenvalue weighted by Crippen LogP contribution is -2.10. The summed E-state index contributed by atoms with van der Waals surface area (Å²) >= 11 is 0. The Morgan fingerprint density at radius 2 is 1.81 bits per heavy atom. The predicted octanol–water partition coefficient (Wildman–Crippen LogP) is 8.28. The summed E-state index contributed by atoms with van der Waals surface area (Å²) in [4.78, 5) is 12.7. The topological polar surface area (TPSA) is 51.5 Å². The number of nitrogens with one attached hydrogen (secondary N) is 1. The molecule has 4 nitrogen and oxygen atoms in total. The monoisotopic (exact) mass is 497 g/mol. The molecule has 0 fully saturated rings. The predicted molar refractivity (Wildman–Crippen MR) is 144 cm³/mol. The molecule has 1 N–H and O–H groups in total. The zero-order valence-electron chi connectivity index (χ0n) is 20.7. The van der Waals surface area contributed by atoms with Crippen molar-refractivity contribution in [2.75, 3.05) is 11.9 Å². The van der Waals surface area contributed by atoms with Crippen molar-refractivity contribution in [2.45, 2.75) is 20.8 Å². The highest BCUT2D eigenvalue weighted by atomic mass is 19.1. The van der Waals surface area contributed by atoms with Crippen molar-refractivity contribution in [3.8, 4) is 16.9 Å². The Hall–Kier alpha value is -4.45. The van der Waals surface area contributed by atoms with E-state index in [4.69, 9.17) is 9.15 Å². The number of hydrogen-bond acceptors (Lipinski definition) is 3. The number of amides is 1. The molecule has 0 unspecified atom stereocenters. The second-order valence-corrected chi connectivity index (χ2v) is 8.84. The van der Waals surface area contributed by atoms with Gasteiger partial charge in [0, 0.05) is 34.2 Å². The molecule has 0 atom stereocenters. The zero-order valence-corrected chi connectivity index (χ0v) is 20.7. The Kier molecular flexibility index (Phi) is 6.49. The maximum absolute atomic E-state index is 14.0. The fourth-order valence-corrected chi connectivity index (χ4v) is 4.55. The molecular formula is C31H25F2NO3. The third-order valence-corrected chi connectivity index (χ3v) is 6.35. The van der Waals surface area contributed by atoms with Crippen LogP contribution in [0.5, 0.6) is 5.75 Å². The lowest BCUT2D eigenvalue weighted by atomic mass is 9.95. The third-order valence-electron chi connectivity index (χ3n) is 6.35. The van der Waals surface area contributed by atoms with Gasteiger partial charge >= 0.3 is 0 Å². The van der Waals surface area contributed by atoms with Gasteiger partial charge in [-0.15, -0.1) is 0 Å². The minimum absolute atomic E-state index is 0.0967. The molecule has 1 amide bonds. The van der Waals surface area contributed by atoms with Crippen LogP contribution in [0.4, 0.5) is 14.5 Å². The number of halogens is 2. The average molecular weight is 498 g/mol. The summed E-state index contributed by atoms with van der Waals surface area (Å²) < 4.78 is 39.2. The van der Waals surface area contributed by atoms with Crippen molar-refractivity contribution in [3.05, 3.63) is 102 Å². The van der Waals surface area contributed by atoms with Crippen LogP contribution >= 0.6 is 0 Å². The van der Waals surface area contributed by atoms with Crippen LogP contribution in [-0.4, -0.2) is 12.5 Å². The molecule has 0 saturated heterocycles. The fraction of sp³-hybridized carbons (Fsp3) is 0.129. The maximum atomic E-state index is 14.0. The molecule has 1 heterocycles. The van der Waals surface area contributed by atoms with Crippen molar-refractivity contribution in [1.82, 2.24) is 0 Å². The summed E-state index contributed by atoms with van der Waals surface area (Å²) in [7, 11) is 0. The standard InChI is InChI=1S/C31H25F2NO3/c1-4-36-30-19(3)31-25(26(17-37-31)22-10-9-20-7-5-6-8-21(20)14-22)16-24(30)18(2)13-29(35)34-28-12-11-23(32)15-27(28)33/h5-17H,4H2,1-3H3,(H,34,35)/b18-13+. The number of fused-ring (bicyclic) bond motifs is 2. The summed E-state index contributed by atoms with van der Waals surface area (Å²) in [5.74, 6) is -1.48. The normalized spacial score (nSPS) is 11.8. The van der Waals surface area contributed by atoms with Crippen LogP contribution in [0.25, 0.3) is 38.4 Å². The van der Waals surface area contributed by atoms with Crippen LogP contribution in [0.2, 0.25) is 0 Å². The molecule has 5 aromatic rings. The highest BCUT2D eigenvalue weighted by Crippen LogP contribution is 2.41. The van der Waals surface area contributed by atoms with Crippen molar-refractivity contribution < 1.29 is 22.7 Å². The number of benzene rings is 4. The number of carbonyl (C=O) groups excluding carboxylic acids is 1. The zero-order chi connectivity index (χ0) is 26.1. The molecule has 0 radical (unpaired) electrons. The number of anilines is 1. The van der Waals surface area contributed by atoms with Gasteiger partial charge in [-0.25, -0.2) is 8.78 Å². The number of rotatable bonds is 6. The van der Waals surface area contributed by atoms with Gasteiger partial charge in [0.1, 0.15) is 23.0 Å². The van der Waals surface area contributed by atoms with Gasteiger partial charge in [0.25, 0.3) is 0 Å². The minimum atomic E-state index is -0.843. The van der Waals surface area contributed by atoms with Gasteiger partial charge in [0.2, 0.25) is 5.91 Å². The molecule has 37 heavy (non-hydrogen) atoms. The van der Waals surface area contributed by atoms with Crippen LogP contribution in [0.1, 0.15) is 25.0 Å². The quantitative estimate of drug-likeness (QED) is 0.240. The molecule has 1 aromatic heterocycles. The van der Waals surface area contributed by atoms with Gasteiger partial charge in [-0.2, -0.15) is 0 Å². The first-order chi connectivity index (χ1) is 17.9. The van der Waals surface area contributed by atoms with Gasteiger partial charge in [0.05, 0.1) is 18.6 Å². The molecule has 0 aliphatic heterocycles. The van der Waals surface area contributed by atoms with Gasteiger partial charge in [0.15, 0.2) is 0 Å². The van der Waals surface area contributed by atoms with Crippen molar-refractivity contribution >= 4 is 38.9 Å². The second kappa shape index (κ2) is 9.90. The van der Waals surface area contributed by atoms with E-state index >= 15 is 0 Å². The van der Waals surface area contributed by atoms with Crippen LogP contribution < -0.4 is 10.1 Å². The van der Waals surface area contributed by atoms with E-state index in [0.717, 1.165) is 50.5 Å². The Bertz CT molecular complexity index is 1680. The number of carbonyl (C=O) groups is 1. The van der Waals surface area contributed by atoms with E-state index in [-0.39, 0.29) is 5.69 Å². The lowest BCUT2D eigenvalue weighted by molar-refractivity contribution is -0.111. The van der Waals surface area contributed by atoms with Crippen LogP contribution in [0.15, 0.2) is 83.5 Å². The van der Waals surface area contributed by atoms with E-state index in [1.54, 1.807) is 13.2 Å². The molecule has 0 aliphatic carbocycles. The fourth-order valence-electron chi connectivity index (χ4n) is 4.55. The van der Waals surface area contributed by atoms with Gasteiger partial charge in [-0.3, -0.25) is 4.79 Å². The summed E-state index contributed by atoms with van der Waals surface area (Å²) in [5.41, 5.74) is 4.72. The maximum Gasteiger partial charge on any atom is 0.248 e. The van der Waals surface area contributed by atoms with Crippen molar-refractivity contribution in [1.29, 1.82) is 0 Å². The molecule has 0 saturated carbocycles. The first kappa shape index (κ1) is 24.3. The van der Waals surface area contributed by atoms with Crippen LogP contribution in [0.3, 0.4) is 0 Å². The molecule has 0 spiro atoms. The van der Waals surface area contributed by atoms with E-state index < -0.39 is 17.5 Å². The van der Waals surface area contributed by atoms with Crippen LogP contribution in [-0.2, 0) is 4.79 Å². The van der Waals surface area contributed by atoms with Gasteiger partial charge in [-0.1, -0.05) is 36.4 Å². The first-order valence-electron chi connectivity index (χ1n) is 12.0. The largest absolute Gasteiger partial charge is 0.493 e. The highest BCUT2D eigenvalue weighted by molar-refractivity contribution is 6.06. The summed E-state index contributed by atoms with van der Waals surface area (Å²) in [6.45, 7) is 6.03. The molecule has 6 heteroatoms. The Morgan fingerprint density at radius 1 is 1.03 bits per heavy atom. The van der Waals surface area contributed by atoms with Gasteiger partial charge in [-0.05, 0) is 66.9 Å². The second-order valence-electron chi connectivity index (χ2n) is 8.84. The van der Waals surface area contributed by atoms with E-state index in [1.807, 2.05) is 32.0 Å². The van der Waals surface area contributed by atoms with Crippen molar-refractivity contribution in [2.24, 2.45) is 0 Å². The first-order valence-corrected chi connectivity index (χ1v) is 12.0. The number of ether oxygens (including phenoxy) is 1. The number of hydrogen-bond donors (Lipinski definition) is 1. The molecular weight excluding hydrogens is 472 g/mol. The molecule has 4 aromatic carbocycles. The minimum Gasteiger partial charge on any atom is -0.493 e. The Morgan fingerprint density at radius 3 is 2.57 bits per heavy atom. The average Bonchev–Trinajstić information content (AvgIpc) is 3.31. The van der Waals surface area contributed by atoms with Crippen molar-refractivity contribution in [3.63, 3.8) is 0 Å². The summed E-state index contributed by atoms with van der Waals surface area (Å²) in [6.07, 6.45) is 3.12. The summed E-state index contributed by atoms with van der Waals surface area (Å²) in [6, 6.07) is 19.4. The van der Waals surface area contributed by atoms with E-state index in [1.165, 1.54) is 12.1 Å². The smallest absolute Gasteiger partial charge is 0.248 e. The van der Waals surface area contributed by atoms with Crippen LogP contribution in [0, 0.1) is 18.6 Å².